The third kappa shape index (κ3) is 4.67. The molecule has 0 saturated carbocycles. The summed E-state index contributed by atoms with van der Waals surface area (Å²) >= 11 is 0. The van der Waals surface area contributed by atoms with Crippen molar-refractivity contribution in [3.8, 4) is 0 Å². The van der Waals surface area contributed by atoms with Crippen LogP contribution >= 0.6 is 0 Å². The van der Waals surface area contributed by atoms with E-state index in [1.54, 1.807) is 0 Å². The zero-order chi connectivity index (χ0) is 14.6. The monoisotopic (exact) mass is 280 g/mol. The quantitative estimate of drug-likeness (QED) is 0.859. The second-order valence-corrected chi connectivity index (χ2v) is 5.65. The van der Waals surface area contributed by atoms with Crippen molar-refractivity contribution in [2.75, 3.05) is 19.6 Å². The van der Waals surface area contributed by atoms with Gasteiger partial charge >= 0.3 is 6.18 Å². The number of hydrogen-bond acceptors (Lipinski definition) is 2. The second-order valence-electron chi connectivity index (χ2n) is 5.65. The predicted octanol–water partition coefficient (Wildman–Crippen LogP) is 2.41. The molecular weight excluding hydrogens is 257 g/mol. The van der Waals surface area contributed by atoms with Crippen LogP contribution in [0.5, 0.6) is 0 Å². The van der Waals surface area contributed by atoms with Crippen LogP contribution in [0, 0.1) is 17.8 Å². The molecule has 112 valence electrons. The SMILES string of the molecule is CC(C)C1CCC(=O)N(CC(CN)C(F)(F)F)CC1. The molecule has 1 aliphatic rings. The summed E-state index contributed by atoms with van der Waals surface area (Å²) in [6, 6.07) is 0. The number of likely N-dealkylation sites (tertiary alicyclic amines) is 1. The van der Waals surface area contributed by atoms with Crippen LogP contribution in [0.1, 0.15) is 33.1 Å². The van der Waals surface area contributed by atoms with Gasteiger partial charge in [0.15, 0.2) is 0 Å². The van der Waals surface area contributed by atoms with Crippen molar-refractivity contribution in [3.63, 3.8) is 0 Å². The van der Waals surface area contributed by atoms with Crippen molar-refractivity contribution in [2.45, 2.75) is 39.3 Å². The Morgan fingerprint density at radius 3 is 2.47 bits per heavy atom. The zero-order valence-electron chi connectivity index (χ0n) is 11.5. The molecule has 0 aromatic rings. The normalized spacial score (nSPS) is 23.6. The van der Waals surface area contributed by atoms with Crippen molar-refractivity contribution < 1.29 is 18.0 Å². The lowest BCUT2D eigenvalue weighted by Crippen LogP contribution is -2.43. The minimum Gasteiger partial charge on any atom is -0.342 e. The lowest BCUT2D eigenvalue weighted by molar-refractivity contribution is -0.177. The fourth-order valence-corrected chi connectivity index (χ4v) is 2.50. The standard InChI is InChI=1S/C13H23F3N2O/c1-9(2)10-3-4-12(19)18(6-5-10)8-11(7-17)13(14,15)16/h9-11H,3-8,17H2,1-2H3. The number of rotatable bonds is 4. The molecule has 0 radical (unpaired) electrons. The first-order chi connectivity index (χ1) is 8.75. The largest absolute Gasteiger partial charge is 0.394 e. The molecule has 1 saturated heterocycles. The first kappa shape index (κ1) is 16.3. The maximum atomic E-state index is 12.7. The molecule has 3 nitrogen and oxygen atoms in total. The van der Waals surface area contributed by atoms with Crippen molar-refractivity contribution in [2.24, 2.45) is 23.5 Å². The Bertz CT molecular complexity index is 305. The van der Waals surface area contributed by atoms with E-state index in [1.807, 2.05) is 0 Å². The van der Waals surface area contributed by atoms with Gasteiger partial charge in [-0.1, -0.05) is 13.8 Å². The molecule has 1 rings (SSSR count). The molecule has 0 aromatic heterocycles. The Morgan fingerprint density at radius 2 is 2.00 bits per heavy atom. The summed E-state index contributed by atoms with van der Waals surface area (Å²) in [7, 11) is 0. The molecule has 0 bridgehead atoms. The van der Waals surface area contributed by atoms with Gasteiger partial charge in [-0.05, 0) is 24.7 Å². The maximum absolute atomic E-state index is 12.7. The van der Waals surface area contributed by atoms with E-state index in [0.29, 0.717) is 24.8 Å². The Labute approximate surface area is 112 Å². The zero-order valence-corrected chi connectivity index (χ0v) is 11.5. The molecule has 1 amide bonds. The van der Waals surface area contributed by atoms with Crippen molar-refractivity contribution in [3.05, 3.63) is 0 Å². The number of nitrogens with zero attached hydrogens (tertiary/aromatic N) is 1. The average Bonchev–Trinajstić information content (AvgIpc) is 2.47. The van der Waals surface area contributed by atoms with Crippen molar-refractivity contribution in [1.29, 1.82) is 0 Å². The molecule has 0 aromatic carbocycles. The number of carbonyl (C=O) groups is 1. The van der Waals surface area contributed by atoms with Crippen LogP contribution in [0.4, 0.5) is 13.2 Å². The van der Waals surface area contributed by atoms with E-state index in [2.05, 4.69) is 13.8 Å². The summed E-state index contributed by atoms with van der Waals surface area (Å²) in [6.45, 7) is 3.81. The van der Waals surface area contributed by atoms with Gasteiger partial charge in [-0.2, -0.15) is 13.2 Å². The van der Waals surface area contributed by atoms with Gasteiger partial charge in [-0.15, -0.1) is 0 Å². The van der Waals surface area contributed by atoms with Crippen LogP contribution in [0.3, 0.4) is 0 Å². The Kier molecular flexibility index (Phi) is 5.64. The van der Waals surface area contributed by atoms with E-state index >= 15 is 0 Å². The minimum absolute atomic E-state index is 0.175. The van der Waals surface area contributed by atoms with Crippen molar-refractivity contribution >= 4 is 5.91 Å². The highest BCUT2D eigenvalue weighted by Crippen LogP contribution is 2.29. The van der Waals surface area contributed by atoms with E-state index in [0.717, 1.165) is 12.8 Å². The fraction of sp³-hybridized carbons (Fsp3) is 0.923. The summed E-state index contributed by atoms with van der Waals surface area (Å²) in [5, 5.41) is 0. The maximum Gasteiger partial charge on any atom is 0.394 e. The van der Waals surface area contributed by atoms with E-state index < -0.39 is 18.6 Å². The summed E-state index contributed by atoms with van der Waals surface area (Å²) in [5.74, 6) is -0.922. The first-order valence-corrected chi connectivity index (χ1v) is 6.80. The predicted molar refractivity (Wildman–Crippen MR) is 67.4 cm³/mol. The number of hydrogen-bond donors (Lipinski definition) is 1. The summed E-state index contributed by atoms with van der Waals surface area (Å²) in [5.41, 5.74) is 5.18. The summed E-state index contributed by atoms with van der Waals surface area (Å²) in [6.07, 6.45) is -2.44. The van der Waals surface area contributed by atoms with Gasteiger partial charge in [0.25, 0.3) is 0 Å². The van der Waals surface area contributed by atoms with Gasteiger partial charge in [0.2, 0.25) is 5.91 Å². The summed E-state index contributed by atoms with van der Waals surface area (Å²) in [4.78, 5) is 13.2. The Balaban J connectivity index is 2.65. The Morgan fingerprint density at radius 1 is 1.37 bits per heavy atom. The number of nitrogens with two attached hydrogens (primary N) is 1. The highest BCUT2D eigenvalue weighted by molar-refractivity contribution is 5.76. The molecule has 1 heterocycles. The van der Waals surface area contributed by atoms with Crippen LogP contribution < -0.4 is 5.73 Å². The van der Waals surface area contributed by atoms with Gasteiger partial charge in [-0.25, -0.2) is 0 Å². The molecule has 0 aliphatic carbocycles. The van der Waals surface area contributed by atoms with Gasteiger partial charge in [0, 0.05) is 26.1 Å². The fourth-order valence-electron chi connectivity index (χ4n) is 2.50. The van der Waals surface area contributed by atoms with E-state index in [9.17, 15) is 18.0 Å². The van der Waals surface area contributed by atoms with E-state index in [1.165, 1.54) is 4.90 Å². The first-order valence-electron chi connectivity index (χ1n) is 6.80. The van der Waals surface area contributed by atoms with Gasteiger partial charge < -0.3 is 10.6 Å². The lowest BCUT2D eigenvalue weighted by Gasteiger charge is -2.27. The highest BCUT2D eigenvalue weighted by Gasteiger charge is 2.40. The van der Waals surface area contributed by atoms with Gasteiger partial charge in [0.1, 0.15) is 0 Å². The molecule has 1 fully saturated rings. The third-order valence-electron chi connectivity index (χ3n) is 3.98. The van der Waals surface area contributed by atoms with Crippen LogP contribution in [-0.4, -0.2) is 36.6 Å². The van der Waals surface area contributed by atoms with E-state index in [-0.39, 0.29) is 12.5 Å². The van der Waals surface area contributed by atoms with Crippen LogP contribution in [-0.2, 0) is 4.79 Å². The highest BCUT2D eigenvalue weighted by atomic mass is 19.4. The second kappa shape index (κ2) is 6.59. The molecule has 2 atom stereocenters. The molecule has 1 aliphatic heterocycles. The number of amides is 1. The minimum atomic E-state index is -4.33. The van der Waals surface area contributed by atoms with Crippen molar-refractivity contribution in [1.82, 2.24) is 4.90 Å². The molecular formula is C13H23F3N2O. The lowest BCUT2D eigenvalue weighted by atomic mass is 9.89. The smallest absolute Gasteiger partial charge is 0.342 e. The number of halogens is 3. The van der Waals surface area contributed by atoms with E-state index in [4.69, 9.17) is 5.73 Å². The molecule has 2 N–H and O–H groups in total. The molecule has 19 heavy (non-hydrogen) atoms. The Hall–Kier alpha value is -0.780. The number of alkyl halides is 3. The summed E-state index contributed by atoms with van der Waals surface area (Å²) < 4.78 is 38.1. The van der Waals surface area contributed by atoms with Crippen LogP contribution in [0.2, 0.25) is 0 Å². The molecule has 6 heteroatoms. The van der Waals surface area contributed by atoms with Crippen LogP contribution in [0.25, 0.3) is 0 Å². The van der Waals surface area contributed by atoms with Crippen LogP contribution in [0.15, 0.2) is 0 Å². The third-order valence-corrected chi connectivity index (χ3v) is 3.98. The molecule has 2 unspecified atom stereocenters. The molecule has 0 spiro atoms. The topological polar surface area (TPSA) is 46.3 Å². The van der Waals surface area contributed by atoms with Gasteiger partial charge in [0.05, 0.1) is 5.92 Å². The van der Waals surface area contributed by atoms with Gasteiger partial charge in [-0.3, -0.25) is 4.79 Å². The average molecular weight is 280 g/mol. The number of carbonyl (C=O) groups excluding carboxylic acids is 1.